The van der Waals surface area contributed by atoms with Gasteiger partial charge in [0.1, 0.15) is 12.6 Å². The van der Waals surface area contributed by atoms with Gasteiger partial charge >= 0.3 is 0 Å². The summed E-state index contributed by atoms with van der Waals surface area (Å²) in [7, 11) is -4.04. The second-order valence-electron chi connectivity index (χ2n) is 8.95. The summed E-state index contributed by atoms with van der Waals surface area (Å²) < 4.78 is 28.4. The molecule has 3 aromatic rings. The molecule has 0 saturated heterocycles. The zero-order valence-corrected chi connectivity index (χ0v) is 21.9. The summed E-state index contributed by atoms with van der Waals surface area (Å²) in [6, 6.07) is 23.2. The fraction of sp³-hybridized carbons (Fsp3) is 0.286. The molecule has 0 aliphatic carbocycles. The average Bonchev–Trinajstić information content (AvgIpc) is 2.86. The van der Waals surface area contributed by atoms with Gasteiger partial charge in [0.05, 0.1) is 10.6 Å². The summed E-state index contributed by atoms with van der Waals surface area (Å²) in [6.07, 6.45) is 0. The molecule has 2 amide bonds. The zero-order valence-electron chi connectivity index (χ0n) is 21.1. The van der Waals surface area contributed by atoms with E-state index in [-0.39, 0.29) is 23.4 Å². The maximum atomic E-state index is 13.8. The van der Waals surface area contributed by atoms with E-state index in [1.165, 1.54) is 17.0 Å². The molecule has 3 rings (SSSR count). The van der Waals surface area contributed by atoms with Crippen LogP contribution in [0.2, 0.25) is 0 Å². The highest BCUT2D eigenvalue weighted by Crippen LogP contribution is 2.24. The second kappa shape index (κ2) is 11.9. The van der Waals surface area contributed by atoms with Crippen molar-refractivity contribution in [3.63, 3.8) is 0 Å². The normalized spacial score (nSPS) is 12.1. The number of nitrogens with zero attached hydrogens (tertiary/aromatic N) is 2. The van der Waals surface area contributed by atoms with Gasteiger partial charge in [0.2, 0.25) is 11.8 Å². The molecule has 36 heavy (non-hydrogen) atoms. The lowest BCUT2D eigenvalue weighted by molar-refractivity contribution is -0.139. The van der Waals surface area contributed by atoms with Crippen LogP contribution in [0.15, 0.2) is 89.8 Å². The lowest BCUT2D eigenvalue weighted by Crippen LogP contribution is -2.52. The molecule has 1 atom stereocenters. The number of hydrogen-bond acceptors (Lipinski definition) is 4. The molecule has 0 bridgehead atoms. The highest BCUT2D eigenvalue weighted by molar-refractivity contribution is 7.92. The third-order valence-corrected chi connectivity index (χ3v) is 7.64. The van der Waals surface area contributed by atoms with Crippen LogP contribution < -0.4 is 9.62 Å². The maximum absolute atomic E-state index is 13.8. The Labute approximate surface area is 213 Å². The van der Waals surface area contributed by atoms with Crippen molar-refractivity contribution in [1.82, 2.24) is 10.2 Å². The molecule has 0 unspecified atom stereocenters. The Kier molecular flexibility index (Phi) is 8.88. The molecule has 8 heteroatoms. The van der Waals surface area contributed by atoms with E-state index >= 15 is 0 Å². The Morgan fingerprint density at radius 1 is 0.833 bits per heavy atom. The predicted octanol–water partition coefficient (Wildman–Crippen LogP) is 4.13. The lowest BCUT2D eigenvalue weighted by Gasteiger charge is -2.32. The highest BCUT2D eigenvalue weighted by atomic mass is 32.2. The van der Waals surface area contributed by atoms with Crippen LogP contribution in [0.5, 0.6) is 0 Å². The predicted molar refractivity (Wildman–Crippen MR) is 142 cm³/mol. The van der Waals surface area contributed by atoms with Crippen LogP contribution >= 0.6 is 0 Å². The number of nitrogens with one attached hydrogen (secondary N) is 1. The third-order valence-electron chi connectivity index (χ3n) is 5.85. The van der Waals surface area contributed by atoms with Gasteiger partial charge in [0.25, 0.3) is 10.0 Å². The molecule has 0 saturated carbocycles. The van der Waals surface area contributed by atoms with Crippen molar-refractivity contribution in [3.8, 4) is 0 Å². The Morgan fingerprint density at radius 3 is 1.97 bits per heavy atom. The molecule has 0 radical (unpaired) electrons. The number of para-hydroxylation sites is 1. The molecular weight excluding hydrogens is 474 g/mol. The largest absolute Gasteiger partial charge is 0.352 e. The van der Waals surface area contributed by atoms with Crippen LogP contribution in [0.3, 0.4) is 0 Å². The molecule has 1 N–H and O–H groups in total. The molecule has 0 heterocycles. The molecule has 0 aromatic heterocycles. The van der Waals surface area contributed by atoms with Crippen molar-refractivity contribution in [1.29, 1.82) is 0 Å². The number of rotatable bonds is 10. The van der Waals surface area contributed by atoms with Gasteiger partial charge in [-0.3, -0.25) is 13.9 Å². The van der Waals surface area contributed by atoms with Crippen molar-refractivity contribution < 1.29 is 18.0 Å². The standard InChI is InChI=1S/C28H33N3O4S/c1-21(2)29-28(33)23(4)30(19-24-14-12-11-13-22(24)3)27(32)20-31(25-15-7-5-8-16-25)36(34,35)26-17-9-6-10-18-26/h5-18,21,23H,19-20H2,1-4H3,(H,29,33)/t23-/m0/s1. The number of anilines is 1. The van der Waals surface area contributed by atoms with E-state index in [9.17, 15) is 18.0 Å². The fourth-order valence-corrected chi connectivity index (χ4v) is 5.24. The van der Waals surface area contributed by atoms with Gasteiger partial charge in [-0.15, -0.1) is 0 Å². The summed E-state index contributed by atoms with van der Waals surface area (Å²) in [5.74, 6) is -0.780. The SMILES string of the molecule is Cc1ccccc1CN(C(=O)CN(c1ccccc1)S(=O)(=O)c1ccccc1)[C@@H](C)C(=O)NC(C)C. The number of amides is 2. The molecule has 7 nitrogen and oxygen atoms in total. The Morgan fingerprint density at radius 2 is 1.39 bits per heavy atom. The Balaban J connectivity index is 2.00. The molecule has 190 valence electrons. The first-order chi connectivity index (χ1) is 17.1. The smallest absolute Gasteiger partial charge is 0.264 e. The third kappa shape index (κ3) is 6.51. The van der Waals surface area contributed by atoms with E-state index in [1.807, 2.05) is 45.0 Å². The second-order valence-corrected chi connectivity index (χ2v) is 10.8. The van der Waals surface area contributed by atoms with Crippen LogP contribution in [-0.4, -0.2) is 43.8 Å². The first-order valence-corrected chi connectivity index (χ1v) is 13.3. The van der Waals surface area contributed by atoms with Crippen molar-refractivity contribution in [2.24, 2.45) is 0 Å². The van der Waals surface area contributed by atoms with Gasteiger partial charge in [-0.1, -0.05) is 60.7 Å². The number of carbonyl (C=O) groups is 2. The minimum absolute atomic E-state index is 0.0812. The Bertz CT molecular complexity index is 1280. The lowest BCUT2D eigenvalue weighted by atomic mass is 10.1. The van der Waals surface area contributed by atoms with Gasteiger partial charge in [0, 0.05) is 12.6 Å². The van der Waals surface area contributed by atoms with E-state index in [4.69, 9.17) is 0 Å². The summed E-state index contributed by atoms with van der Waals surface area (Å²) in [5.41, 5.74) is 2.22. The van der Waals surface area contributed by atoms with E-state index in [2.05, 4.69) is 5.32 Å². The van der Waals surface area contributed by atoms with Gasteiger partial charge in [-0.2, -0.15) is 0 Å². The van der Waals surface area contributed by atoms with E-state index in [1.54, 1.807) is 55.5 Å². The van der Waals surface area contributed by atoms with Crippen LogP contribution in [0.1, 0.15) is 31.9 Å². The van der Waals surface area contributed by atoms with E-state index in [0.717, 1.165) is 15.4 Å². The molecule has 0 spiro atoms. The van der Waals surface area contributed by atoms with Gasteiger partial charge < -0.3 is 10.2 Å². The van der Waals surface area contributed by atoms with Crippen molar-refractivity contribution in [3.05, 3.63) is 96.1 Å². The number of carbonyl (C=O) groups excluding carboxylic acids is 2. The summed E-state index contributed by atoms with van der Waals surface area (Å²) in [4.78, 5) is 28.2. The van der Waals surface area contributed by atoms with Gasteiger partial charge in [0.15, 0.2) is 0 Å². The molecule has 3 aromatic carbocycles. The quantitative estimate of drug-likeness (QED) is 0.447. The Hall–Kier alpha value is -3.65. The summed E-state index contributed by atoms with van der Waals surface area (Å²) >= 11 is 0. The number of sulfonamides is 1. The van der Waals surface area contributed by atoms with Crippen molar-refractivity contribution in [2.75, 3.05) is 10.8 Å². The fourth-order valence-electron chi connectivity index (χ4n) is 3.80. The van der Waals surface area contributed by atoms with E-state index in [0.29, 0.717) is 5.69 Å². The van der Waals surface area contributed by atoms with Crippen LogP contribution in [0.25, 0.3) is 0 Å². The number of hydrogen-bond donors (Lipinski definition) is 1. The first kappa shape index (κ1) is 26.9. The van der Waals surface area contributed by atoms with Crippen LogP contribution in [-0.2, 0) is 26.2 Å². The topological polar surface area (TPSA) is 86.8 Å². The minimum atomic E-state index is -4.04. The molecular formula is C28H33N3O4S. The molecule has 0 aliphatic rings. The van der Waals surface area contributed by atoms with Crippen molar-refractivity contribution in [2.45, 2.75) is 51.2 Å². The molecule has 0 fully saturated rings. The zero-order chi connectivity index (χ0) is 26.3. The van der Waals surface area contributed by atoms with Crippen LogP contribution in [0, 0.1) is 6.92 Å². The number of aryl methyl sites for hydroxylation is 1. The van der Waals surface area contributed by atoms with Crippen molar-refractivity contribution >= 4 is 27.5 Å². The van der Waals surface area contributed by atoms with Gasteiger partial charge in [-0.25, -0.2) is 8.42 Å². The van der Waals surface area contributed by atoms with Crippen LogP contribution in [0.4, 0.5) is 5.69 Å². The molecule has 0 aliphatic heterocycles. The van der Waals surface area contributed by atoms with Gasteiger partial charge in [-0.05, 0) is 63.1 Å². The number of benzene rings is 3. The maximum Gasteiger partial charge on any atom is 0.264 e. The minimum Gasteiger partial charge on any atom is -0.352 e. The summed E-state index contributed by atoms with van der Waals surface area (Å²) in [6.45, 7) is 7.02. The van der Waals surface area contributed by atoms with E-state index < -0.39 is 28.5 Å². The summed E-state index contributed by atoms with van der Waals surface area (Å²) in [5, 5.41) is 2.85. The monoisotopic (exact) mass is 507 g/mol. The average molecular weight is 508 g/mol. The highest BCUT2D eigenvalue weighted by Gasteiger charge is 2.32. The first-order valence-electron chi connectivity index (χ1n) is 11.9.